The summed E-state index contributed by atoms with van der Waals surface area (Å²) in [5, 5.41) is 27.6. The van der Waals surface area contributed by atoms with Crippen LogP contribution in [0.15, 0.2) is 107 Å². The first-order valence-corrected chi connectivity index (χ1v) is 43.6. The number of hydrogen-bond acceptors (Lipinski definition) is 21. The highest BCUT2D eigenvalue weighted by Crippen LogP contribution is 2.48. The van der Waals surface area contributed by atoms with Crippen LogP contribution in [0.2, 0.25) is 30.1 Å². The number of nitrogens with two attached hydrogens (primary N) is 3. The van der Waals surface area contributed by atoms with E-state index >= 15 is 26.3 Å². The lowest BCUT2D eigenvalue weighted by molar-refractivity contribution is -0.127. The van der Waals surface area contributed by atoms with E-state index in [2.05, 4.69) is 49.6 Å². The zero-order valence-electron chi connectivity index (χ0n) is 73.2. The number of piperazine rings is 3. The normalized spacial score (nSPS) is 13.4. The fraction of sp³-hybridized carbons (Fsp3) is 0.258. The zero-order chi connectivity index (χ0) is 98.7. The molecule has 12 heterocycles. The zero-order valence-corrected chi connectivity index (χ0v) is 77.7. The number of amides is 3. The van der Waals surface area contributed by atoms with Crippen molar-refractivity contribution >= 4 is 155 Å². The Morgan fingerprint density at radius 3 is 0.800 bits per heavy atom. The molecular formula is C93H78Cl6F9N21O6. The van der Waals surface area contributed by atoms with E-state index in [9.17, 15) is 57.7 Å². The second-order valence-electron chi connectivity index (χ2n) is 32.2. The number of fused-ring (bicyclic) bond motifs is 3. The number of carbonyl (C=O) groups is 3. The first-order valence-electron chi connectivity index (χ1n) is 41.3. The number of halogens is 15. The molecule has 9 aromatic heterocycles. The fourth-order valence-electron chi connectivity index (χ4n) is 16.5. The molecule has 12 aromatic rings. The van der Waals surface area contributed by atoms with Gasteiger partial charge in [0, 0.05) is 113 Å². The molecule has 696 valence electrons. The van der Waals surface area contributed by atoms with Gasteiger partial charge in [-0.05, 0) is 110 Å². The highest BCUT2D eigenvalue weighted by atomic mass is 35.5. The fourth-order valence-corrected chi connectivity index (χ4v) is 17.8. The largest absolute Gasteiger partial charge is 0.394 e. The molecule has 3 saturated heterocycles. The summed E-state index contributed by atoms with van der Waals surface area (Å²) < 4.78 is 139. The Kier molecular flexibility index (Phi) is 28.8. The van der Waals surface area contributed by atoms with Crippen molar-refractivity contribution in [3.63, 3.8) is 0 Å². The molecule has 42 heteroatoms. The Morgan fingerprint density at radius 1 is 0.378 bits per heavy atom. The lowest BCUT2D eigenvalue weighted by Gasteiger charge is -2.36. The number of nitrogen functional groups attached to an aromatic ring is 3. The number of hydrogen-bond donors (Lipinski definition) is 3. The molecule has 0 aliphatic carbocycles. The first-order chi connectivity index (χ1) is 64.0. The highest BCUT2D eigenvalue weighted by molar-refractivity contribution is 6.36. The quantitative estimate of drug-likeness (QED) is 0.0282. The van der Waals surface area contributed by atoms with Gasteiger partial charge in [-0.25, -0.2) is 54.5 Å². The predicted octanol–water partition coefficient (Wildman–Crippen LogP) is 17.7. The topological polar surface area (TPSA) is 363 Å². The summed E-state index contributed by atoms with van der Waals surface area (Å²) >= 11 is 37.3. The molecular weight excluding hydrogens is 1890 g/mol. The highest BCUT2D eigenvalue weighted by Gasteiger charge is 2.38. The summed E-state index contributed by atoms with van der Waals surface area (Å²) in [6, 6.07) is 15.1. The number of nitrogens with zero attached hydrogens (tertiary/aromatic N) is 18. The van der Waals surface area contributed by atoms with Gasteiger partial charge in [-0.3, -0.25) is 57.4 Å². The van der Waals surface area contributed by atoms with Gasteiger partial charge in [0.05, 0.1) is 100 Å². The van der Waals surface area contributed by atoms with Gasteiger partial charge >= 0.3 is 0 Å². The molecule has 3 fully saturated rings. The van der Waals surface area contributed by atoms with Crippen LogP contribution in [0.5, 0.6) is 0 Å². The van der Waals surface area contributed by atoms with Gasteiger partial charge in [0.2, 0.25) is 17.7 Å². The lowest BCUT2D eigenvalue weighted by Crippen LogP contribution is -2.49. The molecule has 0 atom stereocenters. The molecule has 15 rings (SSSR count). The van der Waals surface area contributed by atoms with Gasteiger partial charge in [-0.2, -0.15) is 15.8 Å². The van der Waals surface area contributed by atoms with E-state index in [-0.39, 0.29) is 196 Å². The van der Waals surface area contributed by atoms with Crippen LogP contribution < -0.4 is 48.6 Å². The molecule has 0 bridgehead atoms. The van der Waals surface area contributed by atoms with E-state index in [1.165, 1.54) is 50.1 Å². The van der Waals surface area contributed by atoms with Crippen molar-refractivity contribution in [3.05, 3.63) is 257 Å². The van der Waals surface area contributed by atoms with Crippen molar-refractivity contribution in [1.82, 2.24) is 58.3 Å². The molecule has 0 radical (unpaired) electrons. The van der Waals surface area contributed by atoms with E-state index in [1.807, 2.05) is 59.8 Å². The van der Waals surface area contributed by atoms with Crippen molar-refractivity contribution in [2.24, 2.45) is 0 Å². The first kappa shape index (κ1) is 98.7. The van der Waals surface area contributed by atoms with Crippen molar-refractivity contribution in [1.29, 1.82) is 15.8 Å². The number of aryl methyl sites for hydroxylation is 3. The van der Waals surface area contributed by atoms with Gasteiger partial charge in [-0.1, -0.05) is 131 Å². The van der Waals surface area contributed by atoms with Crippen LogP contribution in [0.4, 0.5) is 73.6 Å². The number of carbonyl (C=O) groups excluding carboxylic acids is 3. The standard InChI is InChI=1S/3C31H26Cl2F3N7O2/c3*1-5-19(44)41-8-10-42(11-9-41)29-16-12-18(32)27(20-22(34)21(33)24(36)25(38)23(20)35)40-30(16)43(31(45)17(29)13-37)28-15(4)6-7-39-26(28)14(2)3/h3*5-7,12,14H,1,8-11,38H2,2-4H3. The number of anilines is 6. The molecule has 0 saturated carbocycles. The third-order valence-corrected chi connectivity index (χ3v) is 25.0. The van der Waals surface area contributed by atoms with Crippen molar-refractivity contribution in [3.8, 4) is 69.0 Å². The Bertz CT molecular complexity index is 6650. The summed E-state index contributed by atoms with van der Waals surface area (Å²) in [6.07, 6.45) is 8.34. The third-order valence-electron chi connectivity index (χ3n) is 23.2. The minimum atomic E-state index is -1.49. The van der Waals surface area contributed by atoms with E-state index in [0.717, 1.165) is 0 Å². The van der Waals surface area contributed by atoms with E-state index < -0.39 is 135 Å². The molecule has 0 unspecified atom stereocenters. The molecule has 3 amide bonds. The second-order valence-corrected chi connectivity index (χ2v) is 34.6. The smallest absolute Gasteiger partial charge is 0.276 e. The van der Waals surface area contributed by atoms with Crippen LogP contribution in [0.1, 0.15) is 110 Å². The summed E-state index contributed by atoms with van der Waals surface area (Å²) in [5.41, 5.74) is 11.0. The average molecular weight is 1970 g/mol. The van der Waals surface area contributed by atoms with Crippen molar-refractivity contribution in [2.45, 2.75) is 80.1 Å². The van der Waals surface area contributed by atoms with E-state index in [1.54, 1.807) is 87.0 Å². The van der Waals surface area contributed by atoms with Gasteiger partial charge in [0.25, 0.3) is 16.7 Å². The Balaban J connectivity index is 0.000000171. The van der Waals surface area contributed by atoms with E-state index in [4.69, 9.17) is 86.8 Å². The average Bonchev–Trinajstić information content (AvgIpc) is 0.728. The van der Waals surface area contributed by atoms with Gasteiger partial charge < -0.3 is 46.6 Å². The maximum absolute atomic E-state index is 15.4. The van der Waals surface area contributed by atoms with Gasteiger partial charge in [0.1, 0.15) is 84.0 Å². The minimum absolute atomic E-state index is 0.103. The number of aromatic nitrogens is 9. The molecule has 27 nitrogen and oxygen atoms in total. The molecule has 0 spiro atoms. The Morgan fingerprint density at radius 2 is 0.600 bits per heavy atom. The van der Waals surface area contributed by atoms with Gasteiger partial charge in [0.15, 0.2) is 52.4 Å². The summed E-state index contributed by atoms with van der Waals surface area (Å²) in [5.74, 6) is -14.7. The summed E-state index contributed by atoms with van der Waals surface area (Å²) in [6.45, 7) is 30.0. The number of nitriles is 3. The number of rotatable bonds is 15. The van der Waals surface area contributed by atoms with Crippen molar-refractivity contribution in [2.75, 3.05) is 110 Å². The molecule has 3 aliphatic rings. The predicted molar refractivity (Wildman–Crippen MR) is 502 cm³/mol. The number of benzene rings is 3. The number of pyridine rings is 9. The lowest BCUT2D eigenvalue weighted by atomic mass is 10.0. The third kappa shape index (κ3) is 17.5. The van der Waals surface area contributed by atoms with Crippen molar-refractivity contribution < 1.29 is 53.9 Å². The van der Waals surface area contributed by atoms with Crippen LogP contribution in [-0.2, 0) is 14.4 Å². The summed E-state index contributed by atoms with van der Waals surface area (Å²) in [7, 11) is 0. The molecule has 135 heavy (non-hydrogen) atoms. The van der Waals surface area contributed by atoms with Gasteiger partial charge in [-0.15, -0.1) is 0 Å². The van der Waals surface area contributed by atoms with E-state index in [0.29, 0.717) is 50.8 Å². The van der Waals surface area contributed by atoms with Crippen LogP contribution in [0.3, 0.4) is 0 Å². The Labute approximate surface area is 794 Å². The van der Waals surface area contributed by atoms with Crippen LogP contribution in [0.25, 0.3) is 83.9 Å². The second kappa shape index (κ2) is 39.4. The van der Waals surface area contributed by atoms with Crippen LogP contribution >= 0.6 is 69.6 Å². The van der Waals surface area contributed by atoms with Crippen LogP contribution in [-0.4, -0.2) is 155 Å². The van der Waals surface area contributed by atoms with Crippen LogP contribution in [0, 0.1) is 107 Å². The molecule has 3 aliphatic heterocycles. The summed E-state index contributed by atoms with van der Waals surface area (Å²) in [4.78, 5) is 117. The maximum Gasteiger partial charge on any atom is 0.276 e. The monoisotopic (exact) mass is 1970 g/mol. The molecule has 6 N–H and O–H groups in total. The molecule has 3 aromatic carbocycles. The maximum atomic E-state index is 15.4. The Hall–Kier alpha value is -13.8. The minimum Gasteiger partial charge on any atom is -0.394 e. The SMILES string of the molecule is C=CC(=O)N1CCN(c2c(C#N)c(=O)n(-c3c(C)ccnc3C(C)C)c3nc(-c4c(F)c(N)c(F)c(Cl)c4F)c(Cl)cc23)CC1.C=CC(=O)N1CCN(c2c(C#N)c(=O)n(-c3c(C)ccnc3C(C)C)c3nc(-c4c(F)c(N)c(F)c(Cl)c4F)c(Cl)cc23)CC1.C=CC(=O)N1CCN(c2c(C#N)c(=O)n(-c3c(C)ccnc3C(C)C)c3nc(-c4c(F)c(N)c(F)c(Cl)c4F)c(Cl)cc23)CC1.